The number of ether oxygens (including phenoxy) is 1. The molecule has 0 aromatic heterocycles. The number of primary amides is 1. The van der Waals surface area contributed by atoms with Gasteiger partial charge in [-0.15, -0.1) is 0 Å². The molecule has 0 saturated carbocycles. The summed E-state index contributed by atoms with van der Waals surface area (Å²) in [5, 5.41) is 13.6. The third-order valence-corrected chi connectivity index (χ3v) is 2.34. The summed E-state index contributed by atoms with van der Waals surface area (Å²) in [7, 11) is 0. The molecule has 1 aromatic rings. The second kappa shape index (κ2) is 7.73. The van der Waals surface area contributed by atoms with Crippen molar-refractivity contribution in [2.75, 3.05) is 11.9 Å². The number of urea groups is 1. The molecular weight excluding hydrogens is 278 g/mol. The topological polar surface area (TPSA) is 131 Å². The van der Waals surface area contributed by atoms with Crippen molar-refractivity contribution in [1.29, 1.82) is 0 Å². The Kier molecular flexibility index (Phi) is 5.99. The monoisotopic (exact) mass is 295 g/mol. The zero-order valence-electron chi connectivity index (χ0n) is 11.5. The van der Waals surface area contributed by atoms with Gasteiger partial charge in [-0.25, -0.2) is 9.59 Å². The number of carbonyl (C=O) groups is 3. The summed E-state index contributed by atoms with van der Waals surface area (Å²) in [5.41, 5.74) is 5.46. The number of carboxylic acids is 1. The summed E-state index contributed by atoms with van der Waals surface area (Å²) in [5.74, 6) is -1.28. The third kappa shape index (κ3) is 6.81. The molecule has 1 aromatic carbocycles. The van der Waals surface area contributed by atoms with Crippen LogP contribution in [0.25, 0.3) is 0 Å². The number of rotatable bonds is 7. The van der Waals surface area contributed by atoms with Gasteiger partial charge in [-0.05, 0) is 19.1 Å². The van der Waals surface area contributed by atoms with Crippen molar-refractivity contribution in [3.63, 3.8) is 0 Å². The summed E-state index contributed by atoms with van der Waals surface area (Å²) >= 11 is 0. The number of amides is 3. The fourth-order valence-corrected chi connectivity index (χ4v) is 1.55. The van der Waals surface area contributed by atoms with E-state index in [1.54, 1.807) is 25.1 Å². The fraction of sp³-hybridized carbons (Fsp3) is 0.308. The first-order valence-electron chi connectivity index (χ1n) is 6.17. The maximum Gasteiger partial charge on any atom is 0.341 e. The highest BCUT2D eigenvalue weighted by Crippen LogP contribution is 2.17. The van der Waals surface area contributed by atoms with E-state index in [1.807, 2.05) is 0 Å². The van der Waals surface area contributed by atoms with Gasteiger partial charge in [0, 0.05) is 24.2 Å². The summed E-state index contributed by atoms with van der Waals surface area (Å²) in [6.45, 7) is 1.18. The van der Waals surface area contributed by atoms with E-state index < -0.39 is 30.6 Å². The van der Waals surface area contributed by atoms with Gasteiger partial charge in [-0.2, -0.15) is 0 Å². The predicted octanol–water partition coefficient (Wildman–Crippen LogP) is 0.535. The van der Waals surface area contributed by atoms with Crippen molar-refractivity contribution in [2.45, 2.75) is 19.4 Å². The van der Waals surface area contributed by atoms with Crippen molar-refractivity contribution >= 4 is 23.6 Å². The highest BCUT2D eigenvalue weighted by atomic mass is 16.5. The summed E-state index contributed by atoms with van der Waals surface area (Å²) in [4.78, 5) is 32.8. The highest BCUT2D eigenvalue weighted by Gasteiger charge is 2.10. The van der Waals surface area contributed by atoms with E-state index in [9.17, 15) is 14.4 Å². The van der Waals surface area contributed by atoms with E-state index in [-0.39, 0.29) is 6.42 Å². The first-order chi connectivity index (χ1) is 9.86. The van der Waals surface area contributed by atoms with Gasteiger partial charge in [0.05, 0.1) is 0 Å². The quantitative estimate of drug-likeness (QED) is 0.583. The maximum atomic E-state index is 11.7. The van der Waals surface area contributed by atoms with E-state index in [2.05, 4.69) is 10.6 Å². The van der Waals surface area contributed by atoms with Gasteiger partial charge >= 0.3 is 12.0 Å². The fourth-order valence-electron chi connectivity index (χ4n) is 1.55. The molecule has 8 nitrogen and oxygen atoms in total. The molecule has 0 radical (unpaired) electrons. The Balaban J connectivity index is 2.54. The molecule has 8 heteroatoms. The van der Waals surface area contributed by atoms with Gasteiger partial charge in [0.2, 0.25) is 5.91 Å². The first-order valence-corrected chi connectivity index (χ1v) is 6.17. The van der Waals surface area contributed by atoms with E-state index in [0.29, 0.717) is 11.4 Å². The van der Waals surface area contributed by atoms with Crippen LogP contribution in [0.1, 0.15) is 13.3 Å². The number of nitrogens with two attached hydrogens (primary N) is 1. The molecule has 21 heavy (non-hydrogen) atoms. The average molecular weight is 295 g/mol. The number of anilines is 1. The number of hydrogen-bond acceptors (Lipinski definition) is 4. The Morgan fingerprint density at radius 3 is 2.71 bits per heavy atom. The van der Waals surface area contributed by atoms with Crippen LogP contribution in [0.3, 0.4) is 0 Å². The molecule has 1 atom stereocenters. The molecule has 5 N–H and O–H groups in total. The average Bonchev–Trinajstić information content (AvgIpc) is 2.35. The largest absolute Gasteiger partial charge is 0.482 e. The molecule has 1 rings (SSSR count). The lowest BCUT2D eigenvalue weighted by atomic mass is 10.2. The van der Waals surface area contributed by atoms with E-state index in [0.717, 1.165) is 0 Å². The van der Waals surface area contributed by atoms with Crippen LogP contribution in [0.5, 0.6) is 5.75 Å². The minimum atomic E-state index is -1.09. The Bertz CT molecular complexity index is 532. The zero-order valence-corrected chi connectivity index (χ0v) is 11.5. The molecule has 1 unspecified atom stereocenters. The number of benzene rings is 1. The van der Waals surface area contributed by atoms with Crippen LogP contribution in [-0.4, -0.2) is 35.7 Å². The van der Waals surface area contributed by atoms with Crippen LogP contribution in [0.2, 0.25) is 0 Å². The van der Waals surface area contributed by atoms with Gasteiger partial charge in [0.25, 0.3) is 0 Å². The van der Waals surface area contributed by atoms with Gasteiger partial charge in [-0.3, -0.25) is 4.79 Å². The van der Waals surface area contributed by atoms with Gasteiger partial charge < -0.3 is 26.2 Å². The van der Waals surface area contributed by atoms with Crippen LogP contribution >= 0.6 is 0 Å². The molecule has 0 saturated heterocycles. The van der Waals surface area contributed by atoms with Gasteiger partial charge in [0.15, 0.2) is 6.61 Å². The minimum absolute atomic E-state index is 0.0369. The van der Waals surface area contributed by atoms with Crippen molar-refractivity contribution in [2.24, 2.45) is 5.73 Å². The molecular formula is C13H17N3O5. The van der Waals surface area contributed by atoms with Crippen LogP contribution in [0, 0.1) is 0 Å². The first kappa shape index (κ1) is 16.3. The molecule has 0 aliphatic heterocycles. The SMILES string of the molecule is CC(CC(N)=O)NC(=O)Nc1cccc(OCC(=O)O)c1. The number of nitrogens with one attached hydrogen (secondary N) is 2. The molecule has 0 spiro atoms. The van der Waals surface area contributed by atoms with E-state index >= 15 is 0 Å². The molecule has 0 fully saturated rings. The number of carboxylic acid groups (broad SMARTS) is 1. The van der Waals surface area contributed by atoms with Crippen LogP contribution in [-0.2, 0) is 9.59 Å². The summed E-state index contributed by atoms with van der Waals surface area (Å²) in [6, 6.07) is 5.39. The summed E-state index contributed by atoms with van der Waals surface area (Å²) < 4.78 is 4.99. The Morgan fingerprint density at radius 2 is 2.10 bits per heavy atom. The zero-order chi connectivity index (χ0) is 15.8. The molecule has 0 aliphatic rings. The van der Waals surface area contributed by atoms with E-state index in [1.165, 1.54) is 6.07 Å². The van der Waals surface area contributed by atoms with E-state index in [4.69, 9.17) is 15.6 Å². The molecule has 0 heterocycles. The molecule has 0 bridgehead atoms. The lowest BCUT2D eigenvalue weighted by Gasteiger charge is -2.13. The van der Waals surface area contributed by atoms with Crippen molar-refractivity contribution in [3.8, 4) is 5.75 Å². The Morgan fingerprint density at radius 1 is 1.38 bits per heavy atom. The predicted molar refractivity (Wildman–Crippen MR) is 75.0 cm³/mol. The van der Waals surface area contributed by atoms with Crippen molar-refractivity contribution in [3.05, 3.63) is 24.3 Å². The third-order valence-electron chi connectivity index (χ3n) is 2.34. The molecule has 0 aliphatic carbocycles. The minimum Gasteiger partial charge on any atom is -0.482 e. The normalized spacial score (nSPS) is 11.3. The molecule has 3 amide bonds. The van der Waals surface area contributed by atoms with Crippen LogP contribution in [0.4, 0.5) is 10.5 Å². The number of hydrogen-bond donors (Lipinski definition) is 4. The second-order valence-electron chi connectivity index (χ2n) is 4.38. The Labute approximate surface area is 121 Å². The Hall–Kier alpha value is -2.77. The smallest absolute Gasteiger partial charge is 0.341 e. The molecule has 114 valence electrons. The van der Waals surface area contributed by atoms with Crippen LogP contribution < -0.4 is 21.1 Å². The van der Waals surface area contributed by atoms with Gasteiger partial charge in [-0.1, -0.05) is 6.07 Å². The van der Waals surface area contributed by atoms with Crippen LogP contribution in [0.15, 0.2) is 24.3 Å². The second-order valence-corrected chi connectivity index (χ2v) is 4.38. The number of aliphatic carboxylic acids is 1. The van der Waals surface area contributed by atoms with Crippen molar-refractivity contribution in [1.82, 2.24) is 5.32 Å². The highest BCUT2D eigenvalue weighted by molar-refractivity contribution is 5.90. The van der Waals surface area contributed by atoms with Crippen molar-refractivity contribution < 1.29 is 24.2 Å². The summed E-state index contributed by atoms with van der Waals surface area (Å²) in [6.07, 6.45) is 0.0369. The van der Waals surface area contributed by atoms with Gasteiger partial charge in [0.1, 0.15) is 5.75 Å². The lowest BCUT2D eigenvalue weighted by molar-refractivity contribution is -0.139. The lowest BCUT2D eigenvalue weighted by Crippen LogP contribution is -2.38. The standard InChI is InChI=1S/C13H17N3O5/c1-8(5-11(14)17)15-13(20)16-9-3-2-4-10(6-9)21-7-12(18)19/h2-4,6,8H,5,7H2,1H3,(H2,14,17)(H,18,19)(H2,15,16,20). The number of carbonyl (C=O) groups excluding carboxylic acids is 2. The maximum absolute atomic E-state index is 11.7.